The summed E-state index contributed by atoms with van der Waals surface area (Å²) in [7, 11) is -3.46. The second-order valence-corrected chi connectivity index (χ2v) is 17.0. The number of carboxylic acids is 1. The Balaban J connectivity index is 1.35. The van der Waals surface area contributed by atoms with Gasteiger partial charge in [0, 0.05) is 30.7 Å². The molecule has 5 rings (SSSR count). The Morgan fingerprint density at radius 2 is 1.69 bits per heavy atom. The second kappa shape index (κ2) is 15.8. The number of benzene rings is 1. The molecule has 0 radical (unpaired) electrons. The van der Waals surface area contributed by atoms with Crippen LogP contribution < -0.4 is 16.1 Å². The zero-order chi connectivity index (χ0) is 37.1. The highest BCUT2D eigenvalue weighted by atomic mass is 32.2. The normalized spacial score (nSPS) is 21.2. The summed E-state index contributed by atoms with van der Waals surface area (Å²) >= 11 is 0. The number of pyridine rings is 1. The molecule has 3 aliphatic rings. The standard InChI is InChI=1S/C37H52N6O7S/c1-23(2)29-13-12-28-11-10-26(21-31(28)39-29)14-15-37(16-19-42(20-17-37)51(49,50)22-27-8-9-27)36(48)40-32(24(3)4)33(44)38-25(5)34(45)43-18-6-7-30(41-43)35(46)47/h10-15,21,23-25,27,30,32,41H,6-9,16-20,22H2,1-5H3,(H,38,44)(H,40,48)(H,46,47)/b15-14+/t25-,30-,32-/m0/s1. The Kier molecular flexibility index (Phi) is 11.9. The van der Waals surface area contributed by atoms with Crippen molar-refractivity contribution >= 4 is 50.7 Å². The summed E-state index contributed by atoms with van der Waals surface area (Å²) in [6.45, 7) is 9.94. The van der Waals surface area contributed by atoms with Crippen molar-refractivity contribution in [3.63, 3.8) is 0 Å². The third-order valence-electron chi connectivity index (χ3n) is 10.2. The number of sulfonamides is 1. The van der Waals surface area contributed by atoms with Crippen molar-refractivity contribution in [3.8, 4) is 0 Å². The van der Waals surface area contributed by atoms with Crippen molar-refractivity contribution in [2.75, 3.05) is 25.4 Å². The molecule has 4 N–H and O–H groups in total. The van der Waals surface area contributed by atoms with E-state index in [9.17, 15) is 32.7 Å². The molecule has 3 amide bonds. The highest BCUT2D eigenvalue weighted by Crippen LogP contribution is 2.38. The molecule has 3 fully saturated rings. The predicted octanol–water partition coefficient (Wildman–Crippen LogP) is 3.42. The SMILES string of the molecule is CC(C)c1ccc2ccc(/C=C/C3(C(=O)N[C@H](C(=O)N[C@@H](C)C(=O)N4CCC[C@@H](C(=O)O)N4)C(C)C)CCN(S(=O)(=O)CC4CC4)CC3)cc2n1. The molecule has 1 aromatic heterocycles. The molecule has 1 saturated carbocycles. The van der Waals surface area contributed by atoms with Gasteiger partial charge in [0.2, 0.25) is 21.8 Å². The van der Waals surface area contributed by atoms with E-state index in [-0.39, 0.29) is 49.4 Å². The Labute approximate surface area is 300 Å². The fourth-order valence-electron chi connectivity index (χ4n) is 6.69. The third kappa shape index (κ3) is 9.32. The molecule has 0 unspecified atom stereocenters. The van der Waals surface area contributed by atoms with Crippen molar-refractivity contribution in [2.45, 2.75) is 97.2 Å². The Morgan fingerprint density at radius 3 is 2.31 bits per heavy atom. The van der Waals surface area contributed by atoms with E-state index in [2.05, 4.69) is 29.9 Å². The van der Waals surface area contributed by atoms with Crippen LogP contribution in [-0.4, -0.2) is 95.0 Å². The van der Waals surface area contributed by atoms with E-state index in [0.717, 1.165) is 35.0 Å². The number of fused-ring (bicyclic) bond motifs is 1. The lowest BCUT2D eigenvalue weighted by molar-refractivity contribution is -0.148. The largest absolute Gasteiger partial charge is 0.480 e. The third-order valence-corrected chi connectivity index (χ3v) is 12.3. The van der Waals surface area contributed by atoms with E-state index >= 15 is 0 Å². The molecule has 13 nitrogen and oxygen atoms in total. The lowest BCUT2D eigenvalue weighted by Gasteiger charge is -2.39. The van der Waals surface area contributed by atoms with Gasteiger partial charge in [-0.05, 0) is 80.9 Å². The van der Waals surface area contributed by atoms with E-state index in [1.807, 2.05) is 42.5 Å². The van der Waals surface area contributed by atoms with Gasteiger partial charge in [0.25, 0.3) is 5.91 Å². The highest BCUT2D eigenvalue weighted by Gasteiger charge is 2.44. The number of nitrogens with zero attached hydrogens (tertiary/aromatic N) is 3. The lowest BCUT2D eigenvalue weighted by atomic mass is 9.77. The van der Waals surface area contributed by atoms with Crippen LogP contribution in [0.4, 0.5) is 0 Å². The molecule has 0 spiro atoms. The quantitative estimate of drug-likeness (QED) is 0.241. The highest BCUT2D eigenvalue weighted by molar-refractivity contribution is 7.89. The fraction of sp³-hybridized carbons (Fsp3) is 0.595. The molecule has 14 heteroatoms. The number of aliphatic carboxylic acids is 1. The molecule has 1 aromatic carbocycles. The predicted molar refractivity (Wildman–Crippen MR) is 194 cm³/mol. The van der Waals surface area contributed by atoms with Crippen LogP contribution in [0, 0.1) is 17.3 Å². The Bertz CT molecular complexity index is 1770. The van der Waals surface area contributed by atoms with Gasteiger partial charge in [-0.1, -0.05) is 58.0 Å². The van der Waals surface area contributed by atoms with Crippen molar-refractivity contribution in [2.24, 2.45) is 17.3 Å². The van der Waals surface area contributed by atoms with Gasteiger partial charge in [-0.15, -0.1) is 0 Å². The van der Waals surface area contributed by atoms with Crippen molar-refractivity contribution in [1.82, 2.24) is 30.4 Å². The molecule has 2 saturated heterocycles. The number of piperidine rings is 1. The summed E-state index contributed by atoms with van der Waals surface area (Å²) in [4.78, 5) is 57.4. The van der Waals surface area contributed by atoms with Crippen LogP contribution in [0.25, 0.3) is 17.0 Å². The van der Waals surface area contributed by atoms with Crippen molar-refractivity contribution in [1.29, 1.82) is 0 Å². The van der Waals surface area contributed by atoms with Crippen LogP contribution in [0.3, 0.4) is 0 Å². The number of carbonyl (C=O) groups excluding carboxylic acids is 3. The maximum absolute atomic E-state index is 14.3. The summed E-state index contributed by atoms with van der Waals surface area (Å²) in [5.74, 6) is -2.23. The number of hydrogen-bond donors (Lipinski definition) is 4. The maximum atomic E-state index is 14.3. The zero-order valence-corrected chi connectivity index (χ0v) is 31.0. The number of nitrogens with one attached hydrogen (secondary N) is 3. The number of hydrogen-bond acceptors (Lipinski definition) is 8. The molecule has 51 heavy (non-hydrogen) atoms. The van der Waals surface area contributed by atoms with Gasteiger partial charge in [0.1, 0.15) is 18.1 Å². The number of aromatic nitrogens is 1. The second-order valence-electron chi connectivity index (χ2n) is 15.0. The van der Waals surface area contributed by atoms with Crippen molar-refractivity contribution in [3.05, 3.63) is 47.7 Å². The molecular formula is C37H52N6O7S. The van der Waals surface area contributed by atoms with Gasteiger partial charge in [0.05, 0.1) is 16.7 Å². The summed E-state index contributed by atoms with van der Waals surface area (Å²) < 4.78 is 27.8. The van der Waals surface area contributed by atoms with Gasteiger partial charge in [-0.3, -0.25) is 29.2 Å². The zero-order valence-electron chi connectivity index (χ0n) is 30.2. The first kappa shape index (κ1) is 38.4. The van der Waals surface area contributed by atoms with E-state index < -0.39 is 57.3 Å². The first-order chi connectivity index (χ1) is 24.1. The topological polar surface area (TPSA) is 178 Å². The minimum absolute atomic E-state index is 0.126. The van der Waals surface area contributed by atoms with Crippen LogP contribution in [0.15, 0.2) is 36.4 Å². The number of carboxylic acid groups (broad SMARTS) is 1. The van der Waals surface area contributed by atoms with E-state index in [0.29, 0.717) is 19.4 Å². The minimum atomic E-state index is -3.46. The van der Waals surface area contributed by atoms with E-state index in [1.165, 1.54) is 16.2 Å². The summed E-state index contributed by atoms with van der Waals surface area (Å²) in [5, 5.41) is 17.3. The van der Waals surface area contributed by atoms with Crippen LogP contribution in [0.5, 0.6) is 0 Å². The molecule has 3 atom stereocenters. The first-order valence-electron chi connectivity index (χ1n) is 18.1. The number of rotatable bonds is 13. The molecule has 2 aliphatic heterocycles. The lowest BCUT2D eigenvalue weighted by Crippen LogP contribution is -2.61. The van der Waals surface area contributed by atoms with Crippen molar-refractivity contribution < 1.29 is 32.7 Å². The van der Waals surface area contributed by atoms with Gasteiger partial charge >= 0.3 is 5.97 Å². The fourth-order valence-corrected chi connectivity index (χ4v) is 8.57. The Morgan fingerprint density at radius 1 is 1.00 bits per heavy atom. The molecule has 278 valence electrons. The minimum Gasteiger partial charge on any atom is -0.480 e. The molecule has 1 aliphatic carbocycles. The first-order valence-corrected chi connectivity index (χ1v) is 19.7. The number of amides is 3. The van der Waals surface area contributed by atoms with Crippen LogP contribution >= 0.6 is 0 Å². The molecule has 2 aromatic rings. The van der Waals surface area contributed by atoms with Crippen LogP contribution in [0.2, 0.25) is 0 Å². The molecule has 0 bridgehead atoms. The van der Waals surface area contributed by atoms with Gasteiger partial charge in [-0.25, -0.2) is 18.1 Å². The van der Waals surface area contributed by atoms with Gasteiger partial charge in [-0.2, -0.15) is 0 Å². The van der Waals surface area contributed by atoms with Gasteiger partial charge < -0.3 is 15.7 Å². The average Bonchev–Trinajstić information content (AvgIpc) is 3.92. The van der Waals surface area contributed by atoms with Gasteiger partial charge in [0.15, 0.2) is 0 Å². The average molecular weight is 725 g/mol. The van der Waals surface area contributed by atoms with Crippen LogP contribution in [-0.2, 0) is 29.2 Å². The van der Waals surface area contributed by atoms with E-state index in [1.54, 1.807) is 13.8 Å². The van der Waals surface area contributed by atoms with Crippen LogP contribution in [0.1, 0.15) is 90.3 Å². The number of hydrazine groups is 1. The summed E-state index contributed by atoms with van der Waals surface area (Å²) in [5.41, 5.74) is 4.26. The summed E-state index contributed by atoms with van der Waals surface area (Å²) in [6.07, 6.45) is 6.90. The number of carbonyl (C=O) groups is 4. The Hall–Kier alpha value is -3.88. The monoisotopic (exact) mass is 724 g/mol. The van der Waals surface area contributed by atoms with E-state index in [4.69, 9.17) is 4.98 Å². The smallest absolute Gasteiger partial charge is 0.322 e. The maximum Gasteiger partial charge on any atom is 0.322 e. The molecule has 3 heterocycles. The summed E-state index contributed by atoms with van der Waals surface area (Å²) in [6, 6.07) is 7.10. The molecular weight excluding hydrogens is 673 g/mol.